The van der Waals surface area contributed by atoms with Gasteiger partial charge in [0.05, 0.1) is 0 Å². The van der Waals surface area contributed by atoms with Crippen molar-refractivity contribution in [1.82, 2.24) is 0 Å². The Bertz CT molecular complexity index is 997. The summed E-state index contributed by atoms with van der Waals surface area (Å²) < 4.78 is 0.995. The molecule has 0 aromatic heterocycles. The van der Waals surface area contributed by atoms with Gasteiger partial charge in [-0.25, -0.2) is 0 Å². The highest BCUT2D eigenvalue weighted by atomic mass is 79.9. The zero-order valence-electron chi connectivity index (χ0n) is 15.3. The number of hydrogen-bond donors (Lipinski definition) is 2. The minimum atomic E-state index is -0.223. The van der Waals surface area contributed by atoms with Crippen LogP contribution in [0.25, 0.3) is 21.9 Å². The zero-order valence-corrected chi connectivity index (χ0v) is 16.9. The number of phenolic OH excluding ortho intramolecular Hbond substituents is 2. The van der Waals surface area contributed by atoms with Crippen LogP contribution in [0, 0.1) is 0 Å². The molecular formula is C23H23BrO2. The van der Waals surface area contributed by atoms with Gasteiger partial charge in [0.2, 0.25) is 0 Å². The first-order valence-electron chi connectivity index (χ1n) is 8.61. The second-order valence-corrected chi connectivity index (χ2v) is 8.52. The van der Waals surface area contributed by atoms with Crippen molar-refractivity contribution in [3.05, 3.63) is 70.7 Å². The number of halogens is 1. The van der Waals surface area contributed by atoms with Crippen molar-refractivity contribution >= 4 is 26.7 Å². The molecule has 3 heteroatoms. The van der Waals surface area contributed by atoms with Crippen molar-refractivity contribution in [2.75, 3.05) is 0 Å². The largest absolute Gasteiger partial charge is 0.507 e. The zero-order chi connectivity index (χ0) is 19.1. The maximum absolute atomic E-state index is 10.7. The molecule has 0 radical (unpaired) electrons. The Morgan fingerprint density at radius 1 is 1.04 bits per heavy atom. The average molecular weight is 411 g/mol. The molecule has 0 aliphatic heterocycles. The van der Waals surface area contributed by atoms with E-state index >= 15 is 0 Å². The molecule has 0 heterocycles. The Kier molecular flexibility index (Phi) is 4.85. The minimum Gasteiger partial charge on any atom is -0.507 e. The summed E-state index contributed by atoms with van der Waals surface area (Å²) in [5, 5.41) is 23.4. The molecule has 3 aromatic rings. The van der Waals surface area contributed by atoms with Crippen molar-refractivity contribution in [3.8, 4) is 22.6 Å². The summed E-state index contributed by atoms with van der Waals surface area (Å²) in [7, 11) is 0. The Morgan fingerprint density at radius 2 is 1.77 bits per heavy atom. The standard InChI is InChI=1S/C23H23BrO2/c1-5-6-15-11-16(13-19(22(15)26)23(2,3)4)21-18-9-8-17(24)12-14(18)7-10-20(21)25/h5,7-13,25-26H,1,6H2,2-4H3. The molecule has 0 aliphatic rings. The van der Waals surface area contributed by atoms with E-state index in [4.69, 9.17) is 0 Å². The van der Waals surface area contributed by atoms with E-state index in [2.05, 4.69) is 43.3 Å². The first-order valence-corrected chi connectivity index (χ1v) is 9.40. The van der Waals surface area contributed by atoms with Crippen LogP contribution in [-0.2, 0) is 11.8 Å². The lowest BCUT2D eigenvalue weighted by molar-refractivity contribution is 0.441. The van der Waals surface area contributed by atoms with Gasteiger partial charge in [-0.1, -0.05) is 54.9 Å². The number of rotatable bonds is 3. The first-order chi connectivity index (χ1) is 12.2. The third-order valence-electron chi connectivity index (χ3n) is 4.61. The van der Waals surface area contributed by atoms with Crippen molar-refractivity contribution in [3.63, 3.8) is 0 Å². The van der Waals surface area contributed by atoms with E-state index < -0.39 is 0 Å². The Balaban J connectivity index is 2.37. The SMILES string of the molecule is C=CCc1cc(-c2c(O)ccc3cc(Br)ccc23)cc(C(C)(C)C)c1O. The van der Waals surface area contributed by atoms with Gasteiger partial charge in [0.15, 0.2) is 0 Å². The van der Waals surface area contributed by atoms with Gasteiger partial charge in [0.1, 0.15) is 11.5 Å². The second-order valence-electron chi connectivity index (χ2n) is 7.60. The first kappa shape index (κ1) is 18.5. The molecule has 0 saturated carbocycles. The van der Waals surface area contributed by atoms with E-state index in [-0.39, 0.29) is 11.2 Å². The topological polar surface area (TPSA) is 40.5 Å². The normalized spacial score (nSPS) is 11.7. The molecule has 2 nitrogen and oxygen atoms in total. The van der Waals surface area contributed by atoms with Crippen molar-refractivity contribution in [2.24, 2.45) is 0 Å². The third-order valence-corrected chi connectivity index (χ3v) is 5.10. The Morgan fingerprint density at radius 3 is 2.42 bits per heavy atom. The van der Waals surface area contributed by atoms with Gasteiger partial charge in [-0.2, -0.15) is 0 Å². The molecule has 3 aromatic carbocycles. The molecular weight excluding hydrogens is 388 g/mol. The monoisotopic (exact) mass is 410 g/mol. The average Bonchev–Trinajstić information content (AvgIpc) is 2.56. The van der Waals surface area contributed by atoms with Crippen LogP contribution in [0.4, 0.5) is 0 Å². The summed E-state index contributed by atoms with van der Waals surface area (Å²) in [5.74, 6) is 0.540. The van der Waals surface area contributed by atoms with Crippen LogP contribution < -0.4 is 0 Å². The van der Waals surface area contributed by atoms with Crippen molar-refractivity contribution < 1.29 is 10.2 Å². The summed E-state index contributed by atoms with van der Waals surface area (Å²) in [4.78, 5) is 0. The van der Waals surface area contributed by atoms with Crippen molar-refractivity contribution in [1.29, 1.82) is 0 Å². The molecule has 0 fully saturated rings. The summed E-state index contributed by atoms with van der Waals surface area (Å²) in [6.07, 6.45) is 2.35. The molecule has 3 rings (SSSR count). The highest BCUT2D eigenvalue weighted by Gasteiger charge is 2.22. The van der Waals surface area contributed by atoms with Crippen LogP contribution in [0.2, 0.25) is 0 Å². The minimum absolute atomic E-state index is 0.223. The predicted molar refractivity (Wildman–Crippen MR) is 113 cm³/mol. The van der Waals surface area contributed by atoms with Gasteiger partial charge in [-0.3, -0.25) is 0 Å². The lowest BCUT2D eigenvalue weighted by atomic mass is 9.82. The number of phenols is 2. The van der Waals surface area contributed by atoms with Gasteiger partial charge in [0, 0.05) is 15.6 Å². The summed E-state index contributed by atoms with van der Waals surface area (Å²) in [5.41, 5.74) is 3.14. The number of hydrogen-bond acceptors (Lipinski definition) is 2. The number of aromatic hydroxyl groups is 2. The van der Waals surface area contributed by atoms with Crippen molar-refractivity contribution in [2.45, 2.75) is 32.6 Å². The quantitative estimate of drug-likeness (QED) is 0.471. The van der Waals surface area contributed by atoms with E-state index in [1.807, 2.05) is 36.4 Å². The molecule has 0 spiro atoms. The van der Waals surface area contributed by atoms with E-state index in [1.54, 1.807) is 12.1 Å². The summed E-state index contributed by atoms with van der Waals surface area (Å²) in [6, 6.07) is 13.6. The molecule has 26 heavy (non-hydrogen) atoms. The van der Waals surface area contributed by atoms with E-state index in [0.717, 1.165) is 37.5 Å². The maximum Gasteiger partial charge on any atom is 0.124 e. The fraction of sp³-hybridized carbons (Fsp3) is 0.217. The van der Waals surface area contributed by atoms with E-state index in [0.29, 0.717) is 12.2 Å². The highest BCUT2D eigenvalue weighted by Crippen LogP contribution is 2.42. The molecule has 134 valence electrons. The van der Waals surface area contributed by atoms with Gasteiger partial charge in [-0.05, 0) is 64.1 Å². The smallest absolute Gasteiger partial charge is 0.124 e. The van der Waals surface area contributed by atoms with Gasteiger partial charge in [0.25, 0.3) is 0 Å². The lowest BCUT2D eigenvalue weighted by Gasteiger charge is -2.24. The summed E-state index contributed by atoms with van der Waals surface area (Å²) in [6.45, 7) is 10.0. The van der Waals surface area contributed by atoms with Crippen LogP contribution >= 0.6 is 15.9 Å². The fourth-order valence-corrected chi connectivity index (χ4v) is 3.69. The molecule has 0 saturated heterocycles. The molecule has 0 unspecified atom stereocenters. The Labute approximate surface area is 162 Å². The highest BCUT2D eigenvalue weighted by molar-refractivity contribution is 9.10. The molecule has 0 atom stereocenters. The predicted octanol–water partition coefficient (Wildman–Crippen LogP) is 6.71. The van der Waals surface area contributed by atoms with Crippen LogP contribution in [-0.4, -0.2) is 10.2 Å². The third kappa shape index (κ3) is 3.36. The van der Waals surface area contributed by atoms with E-state index in [1.165, 1.54) is 0 Å². The number of benzene rings is 3. The van der Waals surface area contributed by atoms with E-state index in [9.17, 15) is 10.2 Å². The van der Waals surface area contributed by atoms with Crippen LogP contribution in [0.3, 0.4) is 0 Å². The summed E-state index contributed by atoms with van der Waals surface area (Å²) >= 11 is 3.50. The van der Waals surface area contributed by atoms with Crippen LogP contribution in [0.5, 0.6) is 11.5 Å². The molecule has 0 bridgehead atoms. The van der Waals surface area contributed by atoms with Crippen LogP contribution in [0.15, 0.2) is 59.6 Å². The fourth-order valence-electron chi connectivity index (χ4n) is 3.31. The Hall–Kier alpha value is -2.26. The number of allylic oxidation sites excluding steroid dienone is 1. The molecule has 0 aliphatic carbocycles. The van der Waals surface area contributed by atoms with Gasteiger partial charge >= 0.3 is 0 Å². The molecule has 2 N–H and O–H groups in total. The van der Waals surface area contributed by atoms with Crippen LogP contribution in [0.1, 0.15) is 31.9 Å². The number of fused-ring (bicyclic) bond motifs is 1. The second kappa shape index (κ2) is 6.81. The van der Waals surface area contributed by atoms with Gasteiger partial charge < -0.3 is 10.2 Å². The molecule has 0 amide bonds. The maximum atomic E-state index is 10.7. The van der Waals surface area contributed by atoms with Gasteiger partial charge in [-0.15, -0.1) is 6.58 Å². The lowest BCUT2D eigenvalue weighted by Crippen LogP contribution is -2.12.